The van der Waals surface area contributed by atoms with Crippen molar-refractivity contribution in [2.75, 3.05) is 0 Å². The summed E-state index contributed by atoms with van der Waals surface area (Å²) < 4.78 is 46.9. The lowest BCUT2D eigenvalue weighted by atomic mass is 9.96. The Morgan fingerprint density at radius 2 is 1.55 bits per heavy atom. The van der Waals surface area contributed by atoms with Crippen LogP contribution in [0.1, 0.15) is 42.0 Å². The van der Waals surface area contributed by atoms with Crippen LogP contribution in [0, 0.1) is 0 Å². The molecular weight excluding hydrogens is 425 g/mol. The van der Waals surface area contributed by atoms with E-state index >= 15 is 0 Å². The molecule has 0 spiro atoms. The van der Waals surface area contributed by atoms with Crippen LogP contribution in [0.2, 0.25) is 0 Å². The minimum atomic E-state index is -4.46. The largest absolute Gasteiger partial charge is 0.447 e. The van der Waals surface area contributed by atoms with Crippen molar-refractivity contribution in [3.05, 3.63) is 102 Å². The van der Waals surface area contributed by atoms with Crippen LogP contribution in [-0.4, -0.2) is 4.98 Å². The molecule has 0 saturated heterocycles. The Kier molecular flexibility index (Phi) is 6.65. The average molecular weight is 451 g/mol. The topological polar surface area (TPSA) is 52.0 Å². The van der Waals surface area contributed by atoms with E-state index in [1.165, 1.54) is 12.3 Å². The normalized spacial score (nSPS) is 12.6. The molecule has 1 atom stereocenters. The van der Waals surface area contributed by atoms with Gasteiger partial charge in [-0.05, 0) is 47.6 Å². The highest BCUT2D eigenvalue weighted by Gasteiger charge is 2.33. The third kappa shape index (κ3) is 5.34. The van der Waals surface area contributed by atoms with Crippen molar-refractivity contribution in [1.82, 2.24) is 4.98 Å². The lowest BCUT2D eigenvalue weighted by Gasteiger charge is -2.14. The number of hydrogen-bond acceptors (Lipinski definition) is 3. The second-order valence-electron chi connectivity index (χ2n) is 8.02. The minimum absolute atomic E-state index is 0.257. The molecule has 1 aromatic heterocycles. The van der Waals surface area contributed by atoms with Gasteiger partial charge in [0.25, 0.3) is 0 Å². The molecular formula is C27H25F3N2O. The van der Waals surface area contributed by atoms with Gasteiger partial charge in [0.05, 0.1) is 11.6 Å². The third-order valence-electron chi connectivity index (χ3n) is 5.73. The van der Waals surface area contributed by atoms with E-state index in [1.54, 1.807) is 6.07 Å². The molecule has 0 saturated carbocycles. The van der Waals surface area contributed by atoms with Crippen molar-refractivity contribution >= 4 is 0 Å². The van der Waals surface area contributed by atoms with Crippen LogP contribution in [0.5, 0.6) is 0 Å². The summed E-state index contributed by atoms with van der Waals surface area (Å²) in [4.78, 5) is 4.27. The molecule has 33 heavy (non-hydrogen) atoms. The van der Waals surface area contributed by atoms with Gasteiger partial charge in [-0.2, -0.15) is 13.2 Å². The number of nitrogens with two attached hydrogens (primary N) is 1. The first-order valence-corrected chi connectivity index (χ1v) is 10.9. The van der Waals surface area contributed by atoms with Crippen LogP contribution in [0.4, 0.5) is 13.2 Å². The zero-order chi connectivity index (χ0) is 23.4. The van der Waals surface area contributed by atoms with Crippen LogP contribution in [-0.2, 0) is 19.0 Å². The van der Waals surface area contributed by atoms with E-state index in [0.717, 1.165) is 22.8 Å². The predicted molar refractivity (Wildman–Crippen MR) is 123 cm³/mol. The zero-order valence-electron chi connectivity index (χ0n) is 18.3. The second-order valence-corrected chi connectivity index (χ2v) is 8.02. The summed E-state index contributed by atoms with van der Waals surface area (Å²) >= 11 is 0. The third-order valence-corrected chi connectivity index (χ3v) is 5.73. The summed E-state index contributed by atoms with van der Waals surface area (Å²) in [7, 11) is 0. The number of rotatable bonds is 7. The first-order valence-electron chi connectivity index (χ1n) is 10.9. The molecule has 0 aliphatic heterocycles. The number of oxazole rings is 1. The molecule has 0 unspecified atom stereocenters. The molecule has 170 valence electrons. The summed E-state index contributed by atoms with van der Waals surface area (Å²) in [6.45, 7) is 1.89. The molecule has 4 rings (SSSR count). The Hall–Kier alpha value is -3.38. The predicted octanol–water partition coefficient (Wildman–Crippen LogP) is 7.22. The molecule has 3 aromatic carbocycles. The molecule has 3 nitrogen and oxygen atoms in total. The molecule has 0 radical (unpaired) electrons. The Balaban J connectivity index is 1.53. The number of alkyl halides is 3. The molecule has 4 aromatic rings. The van der Waals surface area contributed by atoms with E-state index in [0.29, 0.717) is 30.0 Å². The number of hydrogen-bond donors (Lipinski definition) is 1. The highest BCUT2D eigenvalue weighted by Crippen LogP contribution is 2.36. The van der Waals surface area contributed by atoms with Gasteiger partial charge in [-0.15, -0.1) is 0 Å². The quantitative estimate of drug-likeness (QED) is 0.323. The average Bonchev–Trinajstić information content (AvgIpc) is 3.33. The van der Waals surface area contributed by atoms with Crippen molar-refractivity contribution in [2.24, 2.45) is 5.73 Å². The van der Waals surface area contributed by atoms with Gasteiger partial charge in [0, 0.05) is 5.56 Å². The second kappa shape index (κ2) is 9.63. The molecule has 0 amide bonds. The standard InChI is InChI=1S/C27H25F3N2O/c1-2-24(31)26-32-25(17-33-26)22-15-14-21(23(16-22)27(28,29)30)13-10-18-8-11-20(12-9-18)19-6-4-3-5-7-19/h3-9,11-12,14-17,24H,2,10,13,31H2,1H3/t24-/m0/s1. The number of aromatic nitrogens is 1. The van der Waals surface area contributed by atoms with Crippen LogP contribution in [0.15, 0.2) is 83.5 Å². The highest BCUT2D eigenvalue weighted by molar-refractivity contribution is 5.63. The van der Waals surface area contributed by atoms with E-state index in [1.807, 2.05) is 61.5 Å². The Bertz CT molecular complexity index is 1200. The van der Waals surface area contributed by atoms with Crippen molar-refractivity contribution in [2.45, 2.75) is 38.4 Å². The summed E-state index contributed by atoms with van der Waals surface area (Å²) in [6, 6.07) is 21.9. The van der Waals surface area contributed by atoms with Gasteiger partial charge >= 0.3 is 6.18 Å². The van der Waals surface area contributed by atoms with E-state index in [2.05, 4.69) is 4.98 Å². The van der Waals surface area contributed by atoms with Gasteiger partial charge in [0.1, 0.15) is 12.0 Å². The Morgan fingerprint density at radius 1 is 0.879 bits per heavy atom. The van der Waals surface area contributed by atoms with Gasteiger partial charge in [-0.3, -0.25) is 0 Å². The SMILES string of the molecule is CC[C@H](N)c1nc(-c2ccc(CCc3ccc(-c4ccccc4)cc3)c(C(F)(F)F)c2)co1. The summed E-state index contributed by atoms with van der Waals surface area (Å²) in [6.07, 6.45) is -1.69. The zero-order valence-corrected chi connectivity index (χ0v) is 18.3. The number of nitrogens with zero attached hydrogens (tertiary/aromatic N) is 1. The molecule has 0 aliphatic carbocycles. The molecule has 2 N–H and O–H groups in total. The van der Waals surface area contributed by atoms with Gasteiger partial charge in [0.2, 0.25) is 5.89 Å². The lowest BCUT2D eigenvalue weighted by Crippen LogP contribution is -2.10. The van der Waals surface area contributed by atoms with E-state index in [9.17, 15) is 13.2 Å². The molecule has 6 heteroatoms. The Morgan fingerprint density at radius 3 is 2.21 bits per heavy atom. The smallest absolute Gasteiger partial charge is 0.416 e. The maximum atomic E-state index is 13.8. The summed E-state index contributed by atoms with van der Waals surface area (Å²) in [5, 5.41) is 0. The fraction of sp³-hybridized carbons (Fsp3) is 0.222. The van der Waals surface area contributed by atoms with Crippen molar-refractivity contribution in [1.29, 1.82) is 0 Å². The van der Waals surface area contributed by atoms with Crippen molar-refractivity contribution < 1.29 is 17.6 Å². The fourth-order valence-electron chi connectivity index (χ4n) is 3.76. The van der Waals surface area contributed by atoms with Gasteiger partial charge in [0.15, 0.2) is 0 Å². The van der Waals surface area contributed by atoms with E-state index < -0.39 is 11.7 Å². The summed E-state index contributed by atoms with van der Waals surface area (Å²) in [5.74, 6) is 0.323. The van der Waals surface area contributed by atoms with Gasteiger partial charge in [-0.25, -0.2) is 4.98 Å². The van der Waals surface area contributed by atoms with Crippen molar-refractivity contribution in [3.8, 4) is 22.4 Å². The van der Waals surface area contributed by atoms with Crippen LogP contribution in [0.25, 0.3) is 22.4 Å². The van der Waals surface area contributed by atoms with Crippen molar-refractivity contribution in [3.63, 3.8) is 0 Å². The first-order chi connectivity index (χ1) is 15.8. The number of halogens is 3. The molecule has 0 fully saturated rings. The molecule has 1 heterocycles. The van der Waals surface area contributed by atoms with Crippen LogP contribution in [0.3, 0.4) is 0 Å². The van der Waals surface area contributed by atoms with E-state index in [-0.39, 0.29) is 18.0 Å². The van der Waals surface area contributed by atoms with E-state index in [4.69, 9.17) is 10.2 Å². The van der Waals surface area contributed by atoms with Gasteiger partial charge < -0.3 is 10.2 Å². The van der Waals surface area contributed by atoms with Gasteiger partial charge in [-0.1, -0.05) is 73.7 Å². The number of benzene rings is 3. The minimum Gasteiger partial charge on any atom is -0.447 e. The van der Waals surface area contributed by atoms with Crippen LogP contribution < -0.4 is 5.73 Å². The van der Waals surface area contributed by atoms with Crippen LogP contribution >= 0.6 is 0 Å². The maximum absolute atomic E-state index is 13.8. The number of aryl methyl sites for hydroxylation is 2. The fourth-order valence-corrected chi connectivity index (χ4v) is 3.76. The molecule has 0 aliphatic rings. The Labute approximate surface area is 191 Å². The highest BCUT2D eigenvalue weighted by atomic mass is 19.4. The monoisotopic (exact) mass is 450 g/mol. The first kappa shape index (κ1) is 22.8. The maximum Gasteiger partial charge on any atom is 0.416 e. The summed E-state index contributed by atoms with van der Waals surface area (Å²) in [5.41, 5.74) is 9.40. The lowest BCUT2D eigenvalue weighted by molar-refractivity contribution is -0.138. The molecule has 0 bridgehead atoms.